The molecule has 1 aromatic heterocycles. The van der Waals surface area contributed by atoms with Crippen LogP contribution in [0.1, 0.15) is 35.7 Å². The van der Waals surface area contributed by atoms with Gasteiger partial charge in [0.25, 0.3) is 0 Å². The highest BCUT2D eigenvalue weighted by molar-refractivity contribution is 6.05. The Kier molecular flexibility index (Phi) is 5.00. The smallest absolute Gasteiger partial charge is 0.341 e. The molecule has 5 heteroatoms. The van der Waals surface area contributed by atoms with E-state index in [9.17, 15) is 4.79 Å². The standard InChI is InChI=1S/C19H25N3O2/c1-4-24-19(23)16-12-20-17-6-5-13(2)11-15(17)18(16)21-14-7-9-22(3)10-8-14/h5-6,11-12,14H,4,7-10H2,1-3H3,(H,20,21). The quantitative estimate of drug-likeness (QED) is 0.874. The number of anilines is 1. The lowest BCUT2D eigenvalue weighted by Gasteiger charge is -2.31. The molecule has 1 fully saturated rings. The van der Waals surface area contributed by atoms with E-state index in [1.54, 1.807) is 6.20 Å². The molecule has 1 aliphatic heterocycles. The van der Waals surface area contributed by atoms with E-state index in [0.29, 0.717) is 18.2 Å². The van der Waals surface area contributed by atoms with Crippen LogP contribution in [-0.2, 0) is 4.74 Å². The van der Waals surface area contributed by atoms with Crippen LogP contribution in [0.15, 0.2) is 24.4 Å². The Morgan fingerprint density at radius 1 is 1.38 bits per heavy atom. The van der Waals surface area contributed by atoms with Gasteiger partial charge in [-0.25, -0.2) is 4.79 Å². The maximum atomic E-state index is 12.4. The number of rotatable bonds is 4. The minimum absolute atomic E-state index is 0.316. The molecule has 2 heterocycles. The van der Waals surface area contributed by atoms with Gasteiger partial charge in [-0.2, -0.15) is 0 Å². The normalized spacial score (nSPS) is 16.3. The Labute approximate surface area is 143 Å². The molecule has 0 amide bonds. The number of ether oxygens (including phenoxy) is 1. The monoisotopic (exact) mass is 327 g/mol. The van der Waals surface area contributed by atoms with Crippen LogP contribution in [0.2, 0.25) is 0 Å². The molecule has 0 atom stereocenters. The third-order valence-corrected chi connectivity index (χ3v) is 4.59. The van der Waals surface area contributed by atoms with Crippen LogP contribution in [0.5, 0.6) is 0 Å². The Balaban J connectivity index is 2.01. The number of pyridine rings is 1. The molecule has 3 rings (SSSR count). The van der Waals surface area contributed by atoms with Crippen LogP contribution in [-0.4, -0.2) is 48.6 Å². The molecule has 0 bridgehead atoms. The number of aromatic nitrogens is 1. The van der Waals surface area contributed by atoms with Gasteiger partial charge >= 0.3 is 5.97 Å². The summed E-state index contributed by atoms with van der Waals surface area (Å²) in [6.07, 6.45) is 3.76. The number of fused-ring (bicyclic) bond motifs is 1. The lowest BCUT2D eigenvalue weighted by molar-refractivity contribution is 0.0527. The van der Waals surface area contributed by atoms with E-state index in [0.717, 1.165) is 48.1 Å². The van der Waals surface area contributed by atoms with Gasteiger partial charge in [-0.3, -0.25) is 4.98 Å². The number of hydrogen-bond donors (Lipinski definition) is 1. The molecule has 0 spiro atoms. The highest BCUT2D eigenvalue weighted by Gasteiger charge is 2.22. The number of hydrogen-bond acceptors (Lipinski definition) is 5. The van der Waals surface area contributed by atoms with Crippen molar-refractivity contribution in [3.05, 3.63) is 35.5 Å². The summed E-state index contributed by atoms with van der Waals surface area (Å²) in [6.45, 7) is 6.36. The predicted molar refractivity (Wildman–Crippen MR) is 96.6 cm³/mol. The summed E-state index contributed by atoms with van der Waals surface area (Å²) in [5, 5.41) is 4.60. The van der Waals surface area contributed by atoms with Gasteiger partial charge in [0.1, 0.15) is 5.56 Å². The fraction of sp³-hybridized carbons (Fsp3) is 0.474. The van der Waals surface area contributed by atoms with Crippen molar-refractivity contribution in [3.8, 4) is 0 Å². The molecule has 128 valence electrons. The number of likely N-dealkylation sites (tertiary alicyclic amines) is 1. The van der Waals surface area contributed by atoms with Gasteiger partial charge in [-0.15, -0.1) is 0 Å². The van der Waals surface area contributed by atoms with Gasteiger partial charge < -0.3 is 15.0 Å². The van der Waals surface area contributed by atoms with Gasteiger partial charge in [0.15, 0.2) is 0 Å². The molecule has 0 unspecified atom stereocenters. The van der Waals surface area contributed by atoms with Gasteiger partial charge in [-0.1, -0.05) is 11.6 Å². The predicted octanol–water partition coefficient (Wildman–Crippen LogP) is 3.23. The van der Waals surface area contributed by atoms with E-state index in [4.69, 9.17) is 4.74 Å². The van der Waals surface area contributed by atoms with E-state index in [1.807, 2.05) is 19.1 Å². The van der Waals surface area contributed by atoms with Crippen LogP contribution in [0.25, 0.3) is 10.9 Å². The van der Waals surface area contributed by atoms with Crippen molar-refractivity contribution in [2.24, 2.45) is 0 Å². The topological polar surface area (TPSA) is 54.5 Å². The number of aryl methyl sites for hydroxylation is 1. The first-order valence-electron chi connectivity index (χ1n) is 8.60. The summed E-state index contributed by atoms with van der Waals surface area (Å²) in [4.78, 5) is 19.2. The number of carbonyl (C=O) groups is 1. The average molecular weight is 327 g/mol. The number of nitrogens with zero attached hydrogens (tertiary/aromatic N) is 2. The molecule has 2 aromatic rings. The van der Waals surface area contributed by atoms with Crippen LogP contribution in [0, 0.1) is 6.92 Å². The molecular weight excluding hydrogens is 302 g/mol. The summed E-state index contributed by atoms with van der Waals surface area (Å²) in [6, 6.07) is 6.49. The first-order valence-corrected chi connectivity index (χ1v) is 8.60. The molecule has 0 aliphatic carbocycles. The van der Waals surface area contributed by atoms with Crippen molar-refractivity contribution in [2.45, 2.75) is 32.7 Å². The second-order valence-electron chi connectivity index (χ2n) is 6.51. The second kappa shape index (κ2) is 7.18. The summed E-state index contributed by atoms with van der Waals surface area (Å²) in [5.74, 6) is -0.316. The highest BCUT2D eigenvalue weighted by atomic mass is 16.5. The van der Waals surface area contributed by atoms with Crippen molar-refractivity contribution < 1.29 is 9.53 Å². The molecule has 5 nitrogen and oxygen atoms in total. The molecule has 1 aromatic carbocycles. The zero-order valence-electron chi connectivity index (χ0n) is 14.6. The van der Waals surface area contributed by atoms with Crippen LogP contribution < -0.4 is 5.32 Å². The van der Waals surface area contributed by atoms with Gasteiger partial charge in [0.2, 0.25) is 0 Å². The maximum Gasteiger partial charge on any atom is 0.341 e. The van der Waals surface area contributed by atoms with Crippen molar-refractivity contribution in [1.29, 1.82) is 0 Å². The Morgan fingerprint density at radius 2 is 2.12 bits per heavy atom. The second-order valence-corrected chi connectivity index (χ2v) is 6.51. The van der Waals surface area contributed by atoms with Crippen molar-refractivity contribution in [3.63, 3.8) is 0 Å². The largest absolute Gasteiger partial charge is 0.462 e. The lowest BCUT2D eigenvalue weighted by atomic mass is 10.0. The number of benzene rings is 1. The van der Waals surface area contributed by atoms with Crippen LogP contribution in [0.4, 0.5) is 5.69 Å². The van der Waals surface area contributed by atoms with E-state index in [2.05, 4.69) is 35.2 Å². The Bertz CT molecular complexity index is 737. The zero-order chi connectivity index (χ0) is 17.1. The SMILES string of the molecule is CCOC(=O)c1cnc2ccc(C)cc2c1NC1CCN(C)CC1. The van der Waals surface area contributed by atoms with Crippen molar-refractivity contribution in [1.82, 2.24) is 9.88 Å². The summed E-state index contributed by atoms with van der Waals surface area (Å²) in [5.41, 5.74) is 3.42. The Morgan fingerprint density at radius 3 is 2.83 bits per heavy atom. The highest BCUT2D eigenvalue weighted by Crippen LogP contribution is 2.29. The third-order valence-electron chi connectivity index (χ3n) is 4.59. The van der Waals surface area contributed by atoms with Crippen molar-refractivity contribution >= 4 is 22.6 Å². The molecule has 1 N–H and O–H groups in total. The van der Waals surface area contributed by atoms with Crippen LogP contribution >= 0.6 is 0 Å². The molecular formula is C19H25N3O2. The molecule has 0 saturated carbocycles. The number of esters is 1. The van der Waals surface area contributed by atoms with Crippen molar-refractivity contribution in [2.75, 3.05) is 32.1 Å². The minimum atomic E-state index is -0.316. The van der Waals surface area contributed by atoms with E-state index in [-0.39, 0.29) is 5.97 Å². The van der Waals surface area contributed by atoms with Gasteiger partial charge in [0.05, 0.1) is 17.8 Å². The number of nitrogens with one attached hydrogen (secondary N) is 1. The zero-order valence-corrected chi connectivity index (χ0v) is 14.6. The molecule has 24 heavy (non-hydrogen) atoms. The van der Waals surface area contributed by atoms with Gasteiger partial charge in [0, 0.05) is 17.6 Å². The van der Waals surface area contributed by atoms with Gasteiger partial charge in [-0.05, 0) is 59.0 Å². The summed E-state index contributed by atoms with van der Waals surface area (Å²) < 4.78 is 5.23. The molecule has 1 saturated heterocycles. The molecule has 0 radical (unpaired) electrons. The lowest BCUT2D eigenvalue weighted by Crippen LogP contribution is -2.37. The Hall–Kier alpha value is -2.14. The first kappa shape index (κ1) is 16.7. The first-order chi connectivity index (χ1) is 11.6. The van der Waals surface area contributed by atoms with Crippen LogP contribution in [0.3, 0.4) is 0 Å². The summed E-state index contributed by atoms with van der Waals surface area (Å²) in [7, 11) is 2.14. The summed E-state index contributed by atoms with van der Waals surface area (Å²) >= 11 is 0. The average Bonchev–Trinajstić information content (AvgIpc) is 2.57. The number of piperidine rings is 1. The minimum Gasteiger partial charge on any atom is -0.462 e. The fourth-order valence-electron chi connectivity index (χ4n) is 3.18. The van der Waals surface area contributed by atoms with E-state index in [1.165, 1.54) is 0 Å². The van der Waals surface area contributed by atoms with E-state index < -0.39 is 0 Å². The maximum absolute atomic E-state index is 12.4. The third kappa shape index (κ3) is 3.51. The fourth-order valence-corrected chi connectivity index (χ4v) is 3.18. The van der Waals surface area contributed by atoms with E-state index >= 15 is 0 Å². The molecule has 1 aliphatic rings. The number of carbonyl (C=O) groups excluding carboxylic acids is 1.